The average molecular weight is 376 g/mol. The Labute approximate surface area is 158 Å². The highest BCUT2D eigenvalue weighted by molar-refractivity contribution is 5.93. The quantitative estimate of drug-likeness (QED) is 0.502. The molecule has 3 heterocycles. The minimum atomic E-state index is -0.744. The largest absolute Gasteiger partial charge is 0.507 e. The molecule has 0 atom stereocenters. The molecule has 0 spiro atoms. The molecule has 3 N–H and O–H groups in total. The Morgan fingerprint density at radius 1 is 1.14 bits per heavy atom. The highest BCUT2D eigenvalue weighted by atomic mass is 16.4. The van der Waals surface area contributed by atoms with Crippen molar-refractivity contribution < 1.29 is 9.52 Å². The summed E-state index contributed by atoms with van der Waals surface area (Å²) in [6, 6.07) is 10.4. The standard InChI is InChI=1S/C20H16N4O4/c1-10-4-3-5-12(8-10)22-20-23-17-16(18(26)24-20)13(6-7-21-17)15-14(25)9-11(2)28-19(15)27/h3-9,25H,1-2H3,(H2,21,22,23,24,26). The molecular formula is C20H16N4O4. The van der Waals surface area contributed by atoms with E-state index in [0.29, 0.717) is 0 Å². The first kappa shape index (κ1) is 17.5. The number of anilines is 2. The van der Waals surface area contributed by atoms with E-state index in [0.717, 1.165) is 11.3 Å². The summed E-state index contributed by atoms with van der Waals surface area (Å²) in [7, 11) is 0. The lowest BCUT2D eigenvalue weighted by Crippen LogP contribution is -2.14. The second-order valence-electron chi connectivity index (χ2n) is 6.37. The summed E-state index contributed by atoms with van der Waals surface area (Å²) in [5.41, 5.74) is 0.798. The van der Waals surface area contributed by atoms with Crippen molar-refractivity contribution in [2.24, 2.45) is 0 Å². The fourth-order valence-corrected chi connectivity index (χ4v) is 3.03. The summed E-state index contributed by atoms with van der Waals surface area (Å²) in [5, 5.41) is 13.3. The van der Waals surface area contributed by atoms with Crippen molar-refractivity contribution in [2.45, 2.75) is 13.8 Å². The minimum absolute atomic E-state index is 0.0868. The van der Waals surface area contributed by atoms with Gasteiger partial charge in [0.15, 0.2) is 5.65 Å². The summed E-state index contributed by atoms with van der Waals surface area (Å²) < 4.78 is 5.07. The first-order valence-electron chi connectivity index (χ1n) is 8.49. The lowest BCUT2D eigenvalue weighted by atomic mass is 10.0. The Balaban J connectivity index is 1.88. The number of aromatic nitrogens is 3. The number of H-pyrrole nitrogens is 1. The molecular weight excluding hydrogens is 360 g/mol. The van der Waals surface area contributed by atoms with E-state index in [9.17, 15) is 14.7 Å². The smallest absolute Gasteiger partial charge is 0.347 e. The van der Waals surface area contributed by atoms with Gasteiger partial charge in [-0.25, -0.2) is 9.78 Å². The van der Waals surface area contributed by atoms with E-state index in [4.69, 9.17) is 4.42 Å². The molecule has 0 aliphatic carbocycles. The van der Waals surface area contributed by atoms with Crippen LogP contribution in [0.15, 0.2) is 56.6 Å². The van der Waals surface area contributed by atoms with Crippen LogP contribution in [-0.2, 0) is 0 Å². The van der Waals surface area contributed by atoms with Gasteiger partial charge in [0.2, 0.25) is 5.95 Å². The molecule has 0 fully saturated rings. The third-order valence-corrected chi connectivity index (χ3v) is 4.21. The molecule has 1 aromatic carbocycles. The molecule has 0 bridgehead atoms. The third kappa shape index (κ3) is 3.11. The summed E-state index contributed by atoms with van der Waals surface area (Å²) in [6.07, 6.45) is 1.42. The number of hydrogen-bond donors (Lipinski definition) is 3. The molecule has 0 radical (unpaired) electrons. The van der Waals surface area contributed by atoms with Crippen molar-refractivity contribution in [3.8, 4) is 16.9 Å². The molecule has 0 aliphatic rings. The van der Waals surface area contributed by atoms with E-state index in [1.54, 1.807) is 6.92 Å². The molecule has 8 nitrogen and oxygen atoms in total. The van der Waals surface area contributed by atoms with Gasteiger partial charge in [-0.15, -0.1) is 0 Å². The molecule has 0 unspecified atom stereocenters. The SMILES string of the molecule is Cc1cccc(Nc2nc3nccc(-c4c(O)cc(C)oc4=O)c3c(=O)[nH]2)c1. The van der Waals surface area contributed by atoms with Gasteiger partial charge in [-0.1, -0.05) is 12.1 Å². The van der Waals surface area contributed by atoms with E-state index in [1.165, 1.54) is 18.3 Å². The van der Waals surface area contributed by atoms with Crippen LogP contribution in [0.2, 0.25) is 0 Å². The number of fused-ring (bicyclic) bond motifs is 1. The van der Waals surface area contributed by atoms with Gasteiger partial charge in [0, 0.05) is 23.5 Å². The topological polar surface area (TPSA) is 121 Å². The number of aromatic amines is 1. The molecule has 4 rings (SSSR count). The number of nitrogens with zero attached hydrogens (tertiary/aromatic N) is 2. The Morgan fingerprint density at radius 2 is 1.96 bits per heavy atom. The summed E-state index contributed by atoms with van der Waals surface area (Å²) >= 11 is 0. The van der Waals surface area contributed by atoms with E-state index in [2.05, 4.69) is 20.3 Å². The maximum atomic E-state index is 12.8. The summed E-state index contributed by atoms with van der Waals surface area (Å²) in [6.45, 7) is 3.50. The maximum absolute atomic E-state index is 12.8. The minimum Gasteiger partial charge on any atom is -0.507 e. The van der Waals surface area contributed by atoms with Gasteiger partial charge in [0.25, 0.3) is 5.56 Å². The predicted molar refractivity (Wildman–Crippen MR) is 105 cm³/mol. The van der Waals surface area contributed by atoms with E-state index in [1.807, 2.05) is 31.2 Å². The maximum Gasteiger partial charge on any atom is 0.347 e. The normalized spacial score (nSPS) is 10.9. The third-order valence-electron chi connectivity index (χ3n) is 4.21. The monoisotopic (exact) mass is 376 g/mol. The molecule has 0 amide bonds. The number of aryl methyl sites for hydroxylation is 2. The van der Waals surface area contributed by atoms with Gasteiger partial charge < -0.3 is 14.8 Å². The molecule has 0 aliphatic heterocycles. The average Bonchev–Trinajstić information content (AvgIpc) is 2.60. The van der Waals surface area contributed by atoms with Gasteiger partial charge in [-0.05, 0) is 37.6 Å². The summed E-state index contributed by atoms with van der Waals surface area (Å²) in [4.78, 5) is 36.1. The van der Waals surface area contributed by atoms with Gasteiger partial charge in [-0.2, -0.15) is 4.98 Å². The molecule has 4 aromatic rings. The van der Waals surface area contributed by atoms with Gasteiger partial charge in [0.05, 0.1) is 5.39 Å². The van der Waals surface area contributed by atoms with Crippen LogP contribution in [0.5, 0.6) is 5.75 Å². The van der Waals surface area contributed by atoms with E-state index < -0.39 is 11.2 Å². The Bertz CT molecular complexity index is 1320. The molecule has 3 aromatic heterocycles. The van der Waals surface area contributed by atoms with Crippen molar-refractivity contribution >= 4 is 22.7 Å². The molecule has 0 saturated heterocycles. The number of hydrogen-bond acceptors (Lipinski definition) is 7. The molecule has 140 valence electrons. The Hall–Kier alpha value is -3.94. The van der Waals surface area contributed by atoms with Crippen LogP contribution < -0.4 is 16.5 Å². The number of benzene rings is 1. The number of nitrogens with one attached hydrogen (secondary N) is 2. The number of aromatic hydroxyl groups is 1. The van der Waals surface area contributed by atoms with Crippen molar-refractivity contribution in [2.75, 3.05) is 5.32 Å². The number of pyridine rings is 1. The van der Waals surface area contributed by atoms with Crippen LogP contribution in [-0.4, -0.2) is 20.1 Å². The van der Waals surface area contributed by atoms with Crippen molar-refractivity contribution in [1.29, 1.82) is 0 Å². The highest BCUT2D eigenvalue weighted by Gasteiger charge is 2.18. The first-order valence-corrected chi connectivity index (χ1v) is 8.49. The van der Waals surface area contributed by atoms with Gasteiger partial charge in [-0.3, -0.25) is 9.78 Å². The molecule has 28 heavy (non-hydrogen) atoms. The van der Waals surface area contributed by atoms with Gasteiger partial charge in [0.1, 0.15) is 17.1 Å². The highest BCUT2D eigenvalue weighted by Crippen LogP contribution is 2.29. The zero-order valence-corrected chi connectivity index (χ0v) is 15.1. The lowest BCUT2D eigenvalue weighted by molar-refractivity contribution is 0.438. The van der Waals surface area contributed by atoms with Crippen molar-refractivity contribution in [3.05, 3.63) is 74.7 Å². The lowest BCUT2D eigenvalue weighted by Gasteiger charge is -2.09. The fraction of sp³-hybridized carbons (Fsp3) is 0.100. The number of rotatable bonds is 3. The Morgan fingerprint density at radius 3 is 2.71 bits per heavy atom. The van der Waals surface area contributed by atoms with Crippen molar-refractivity contribution in [3.63, 3.8) is 0 Å². The predicted octanol–water partition coefficient (Wildman–Crippen LogP) is 3.00. The van der Waals surface area contributed by atoms with Crippen LogP contribution >= 0.6 is 0 Å². The fourth-order valence-electron chi connectivity index (χ4n) is 3.03. The molecule has 0 saturated carbocycles. The van der Waals surface area contributed by atoms with Gasteiger partial charge >= 0.3 is 5.63 Å². The zero-order valence-electron chi connectivity index (χ0n) is 15.1. The van der Waals surface area contributed by atoms with Crippen LogP contribution in [0.3, 0.4) is 0 Å². The zero-order chi connectivity index (χ0) is 19.8. The van der Waals surface area contributed by atoms with Crippen LogP contribution in [0.1, 0.15) is 11.3 Å². The first-order chi connectivity index (χ1) is 13.4. The second-order valence-corrected chi connectivity index (χ2v) is 6.37. The second kappa shape index (κ2) is 6.66. The summed E-state index contributed by atoms with van der Waals surface area (Å²) in [5.74, 6) is 0.205. The van der Waals surface area contributed by atoms with Crippen LogP contribution in [0, 0.1) is 13.8 Å². The van der Waals surface area contributed by atoms with E-state index in [-0.39, 0.29) is 39.6 Å². The van der Waals surface area contributed by atoms with Crippen molar-refractivity contribution in [1.82, 2.24) is 15.0 Å². The Kier molecular flexibility index (Phi) is 4.15. The van der Waals surface area contributed by atoms with E-state index >= 15 is 0 Å². The van der Waals surface area contributed by atoms with Crippen LogP contribution in [0.25, 0.3) is 22.2 Å². The van der Waals surface area contributed by atoms with Crippen LogP contribution in [0.4, 0.5) is 11.6 Å². The molecule has 8 heteroatoms.